The largest absolute Gasteiger partial charge is 0.288 e. The Labute approximate surface area is 105 Å². The van der Waals surface area contributed by atoms with Crippen LogP contribution in [0.4, 0.5) is 0 Å². The van der Waals surface area contributed by atoms with Gasteiger partial charge in [-0.3, -0.25) is 9.78 Å². The van der Waals surface area contributed by atoms with E-state index >= 15 is 0 Å². The fraction of sp³-hybridized carbons (Fsp3) is 0.133. The van der Waals surface area contributed by atoms with Crippen LogP contribution in [0.2, 0.25) is 0 Å². The molecule has 0 fully saturated rings. The van der Waals surface area contributed by atoms with Gasteiger partial charge in [-0.25, -0.2) is 0 Å². The predicted molar refractivity (Wildman–Crippen MR) is 70.1 cm³/mol. The lowest BCUT2D eigenvalue weighted by atomic mass is 10.0. The molecule has 3 nitrogen and oxygen atoms in total. The molecule has 0 radical (unpaired) electrons. The highest BCUT2D eigenvalue weighted by molar-refractivity contribution is 6.12. The fourth-order valence-corrected chi connectivity index (χ4v) is 1.76. The van der Waals surface area contributed by atoms with E-state index < -0.39 is 0 Å². The van der Waals surface area contributed by atoms with E-state index in [9.17, 15) is 4.79 Å². The smallest absolute Gasteiger partial charge is 0.203 e. The molecule has 0 amide bonds. The molecule has 0 aliphatic rings. The Hall–Kier alpha value is -2.47. The maximum absolute atomic E-state index is 12.1. The van der Waals surface area contributed by atoms with Crippen LogP contribution in [0.5, 0.6) is 0 Å². The second-order valence-corrected chi connectivity index (χ2v) is 3.88. The van der Waals surface area contributed by atoms with E-state index in [-0.39, 0.29) is 11.4 Å². The highest BCUT2D eigenvalue weighted by atomic mass is 16.1. The number of carbonyl (C=O) groups is 1. The molecule has 0 aliphatic heterocycles. The summed E-state index contributed by atoms with van der Waals surface area (Å²) in [6.45, 7) is 1.90. The third kappa shape index (κ3) is 2.28. The first-order chi connectivity index (χ1) is 8.76. The Kier molecular flexibility index (Phi) is 3.49. The number of benzene rings is 1. The quantitative estimate of drug-likeness (QED) is 0.467. The van der Waals surface area contributed by atoms with E-state index in [0.717, 1.165) is 10.9 Å². The van der Waals surface area contributed by atoms with Gasteiger partial charge < -0.3 is 0 Å². The molecule has 0 bridgehead atoms. The minimum absolute atomic E-state index is 0.188. The Bertz CT molecular complexity index is 665. The van der Waals surface area contributed by atoms with Gasteiger partial charge in [-0.2, -0.15) is 5.26 Å². The van der Waals surface area contributed by atoms with Crippen LogP contribution in [0.25, 0.3) is 10.9 Å². The molecular formula is C15H12N2O. The SMILES string of the molecule is CC/C=C(\C#N)C(=O)c1ccc2cccnc2c1. The zero-order chi connectivity index (χ0) is 13.0. The lowest BCUT2D eigenvalue weighted by molar-refractivity contribution is 0.103. The maximum atomic E-state index is 12.1. The van der Waals surface area contributed by atoms with Crippen molar-refractivity contribution < 1.29 is 4.79 Å². The summed E-state index contributed by atoms with van der Waals surface area (Å²) in [5.74, 6) is -0.244. The molecule has 1 aromatic carbocycles. The lowest BCUT2D eigenvalue weighted by Crippen LogP contribution is -2.02. The van der Waals surface area contributed by atoms with Gasteiger partial charge in [0.2, 0.25) is 5.78 Å². The molecule has 1 heterocycles. The van der Waals surface area contributed by atoms with Gasteiger partial charge in [-0.15, -0.1) is 0 Å². The van der Waals surface area contributed by atoms with Gasteiger partial charge in [0, 0.05) is 17.1 Å². The molecule has 0 spiro atoms. The average Bonchev–Trinajstić information content (AvgIpc) is 2.43. The Morgan fingerprint density at radius 3 is 3.00 bits per heavy atom. The monoisotopic (exact) mass is 236 g/mol. The van der Waals surface area contributed by atoms with E-state index in [4.69, 9.17) is 5.26 Å². The van der Waals surface area contributed by atoms with Gasteiger partial charge >= 0.3 is 0 Å². The number of rotatable bonds is 3. The third-order valence-electron chi connectivity index (χ3n) is 2.64. The van der Waals surface area contributed by atoms with Crippen LogP contribution in [0.3, 0.4) is 0 Å². The predicted octanol–water partition coefficient (Wildman–Crippen LogP) is 3.28. The molecule has 18 heavy (non-hydrogen) atoms. The number of aromatic nitrogens is 1. The van der Waals surface area contributed by atoms with Crippen LogP contribution in [0.15, 0.2) is 48.2 Å². The number of fused-ring (bicyclic) bond motifs is 1. The maximum Gasteiger partial charge on any atom is 0.203 e. The second-order valence-electron chi connectivity index (χ2n) is 3.88. The number of ketones is 1. The van der Waals surface area contributed by atoms with Gasteiger partial charge in [0.1, 0.15) is 6.07 Å². The summed E-state index contributed by atoms with van der Waals surface area (Å²) in [6.07, 6.45) is 4.00. The van der Waals surface area contributed by atoms with Gasteiger partial charge in [0.25, 0.3) is 0 Å². The first kappa shape index (κ1) is 12.0. The van der Waals surface area contributed by atoms with Crippen LogP contribution < -0.4 is 0 Å². The van der Waals surface area contributed by atoms with Crippen molar-refractivity contribution in [1.29, 1.82) is 5.26 Å². The second kappa shape index (κ2) is 5.24. The number of hydrogen-bond donors (Lipinski definition) is 0. The number of allylic oxidation sites excluding steroid dienone is 2. The highest BCUT2D eigenvalue weighted by Gasteiger charge is 2.11. The minimum Gasteiger partial charge on any atom is -0.288 e. The Morgan fingerprint density at radius 2 is 2.28 bits per heavy atom. The van der Waals surface area contributed by atoms with E-state index in [1.54, 1.807) is 24.4 Å². The normalized spacial score (nSPS) is 11.2. The van der Waals surface area contributed by atoms with Crippen molar-refractivity contribution in [3.8, 4) is 6.07 Å². The van der Waals surface area contributed by atoms with Gasteiger partial charge in [-0.05, 0) is 18.6 Å². The lowest BCUT2D eigenvalue weighted by Gasteiger charge is -2.01. The molecule has 88 valence electrons. The topological polar surface area (TPSA) is 53.8 Å². The number of hydrogen-bond acceptors (Lipinski definition) is 3. The van der Waals surface area contributed by atoms with Crippen molar-refractivity contribution in [2.24, 2.45) is 0 Å². The van der Waals surface area contributed by atoms with Crippen LogP contribution in [0, 0.1) is 11.3 Å². The van der Waals surface area contributed by atoms with Gasteiger partial charge in [-0.1, -0.05) is 31.2 Å². The van der Waals surface area contributed by atoms with E-state index in [2.05, 4.69) is 4.98 Å². The first-order valence-corrected chi connectivity index (χ1v) is 5.76. The summed E-state index contributed by atoms with van der Waals surface area (Å²) in [5, 5.41) is 9.93. The Balaban J connectivity index is 2.46. The third-order valence-corrected chi connectivity index (χ3v) is 2.64. The molecule has 0 N–H and O–H groups in total. The summed E-state index contributed by atoms with van der Waals surface area (Å²) in [4.78, 5) is 16.3. The minimum atomic E-state index is -0.244. The van der Waals surface area contributed by atoms with Gasteiger partial charge in [0.15, 0.2) is 0 Å². The van der Waals surface area contributed by atoms with Crippen LogP contribution in [0.1, 0.15) is 23.7 Å². The summed E-state index contributed by atoms with van der Waals surface area (Å²) < 4.78 is 0. The zero-order valence-electron chi connectivity index (χ0n) is 10.1. The van der Waals surface area contributed by atoms with E-state index in [1.165, 1.54) is 0 Å². The van der Waals surface area contributed by atoms with Crippen LogP contribution in [-0.2, 0) is 0 Å². The van der Waals surface area contributed by atoms with Crippen molar-refractivity contribution >= 4 is 16.7 Å². The molecule has 0 unspecified atom stereocenters. The van der Waals surface area contributed by atoms with Crippen molar-refractivity contribution in [2.75, 3.05) is 0 Å². The summed E-state index contributed by atoms with van der Waals surface area (Å²) in [5.41, 5.74) is 1.45. The molecule has 0 saturated heterocycles. The summed E-state index contributed by atoms with van der Waals surface area (Å²) in [7, 11) is 0. The number of Topliss-reactive ketones (excluding diaryl/α,β-unsaturated/α-hetero) is 1. The number of carbonyl (C=O) groups excluding carboxylic acids is 1. The van der Waals surface area contributed by atoms with Crippen LogP contribution >= 0.6 is 0 Å². The number of nitriles is 1. The zero-order valence-corrected chi connectivity index (χ0v) is 10.1. The van der Waals surface area contributed by atoms with Crippen molar-refractivity contribution in [3.63, 3.8) is 0 Å². The highest BCUT2D eigenvalue weighted by Crippen LogP contribution is 2.16. The number of nitrogens with zero attached hydrogens (tertiary/aromatic N) is 2. The molecule has 1 aromatic heterocycles. The molecular weight excluding hydrogens is 224 g/mol. The average molecular weight is 236 g/mol. The molecule has 3 heteroatoms. The van der Waals surface area contributed by atoms with Gasteiger partial charge in [0.05, 0.1) is 11.1 Å². The van der Waals surface area contributed by atoms with Crippen molar-refractivity contribution in [1.82, 2.24) is 4.98 Å². The number of pyridine rings is 1. The van der Waals surface area contributed by atoms with E-state index in [0.29, 0.717) is 12.0 Å². The molecule has 0 aliphatic carbocycles. The summed E-state index contributed by atoms with van der Waals surface area (Å²) in [6, 6.07) is 11.0. The summed E-state index contributed by atoms with van der Waals surface area (Å²) >= 11 is 0. The van der Waals surface area contributed by atoms with E-state index in [1.807, 2.05) is 31.2 Å². The fourth-order valence-electron chi connectivity index (χ4n) is 1.76. The first-order valence-electron chi connectivity index (χ1n) is 5.76. The molecule has 0 saturated carbocycles. The Morgan fingerprint density at radius 1 is 1.44 bits per heavy atom. The van der Waals surface area contributed by atoms with Crippen molar-refractivity contribution in [2.45, 2.75) is 13.3 Å². The van der Waals surface area contributed by atoms with Crippen molar-refractivity contribution in [3.05, 3.63) is 53.7 Å². The van der Waals surface area contributed by atoms with Crippen LogP contribution in [-0.4, -0.2) is 10.8 Å². The molecule has 2 rings (SSSR count). The standard InChI is InChI=1S/C15H12N2O/c1-2-4-13(10-16)15(18)12-7-6-11-5-3-8-17-14(11)9-12/h3-9H,2H2,1H3/b13-4+. The molecule has 2 aromatic rings. The molecule has 0 atom stereocenters.